The summed E-state index contributed by atoms with van der Waals surface area (Å²) in [5.74, 6) is 0.268. The molecule has 5 heteroatoms. The summed E-state index contributed by atoms with van der Waals surface area (Å²) >= 11 is 0. The number of hydrogen-bond acceptors (Lipinski definition) is 3. The van der Waals surface area contributed by atoms with Gasteiger partial charge in [-0.2, -0.15) is 5.10 Å². The summed E-state index contributed by atoms with van der Waals surface area (Å²) in [5, 5.41) is 6.50. The van der Waals surface area contributed by atoms with Crippen molar-refractivity contribution in [1.29, 1.82) is 0 Å². The molecule has 1 aromatic heterocycles. The van der Waals surface area contributed by atoms with Crippen LogP contribution in [0.5, 0.6) is 0 Å². The van der Waals surface area contributed by atoms with Gasteiger partial charge in [-0.1, -0.05) is 18.2 Å². The van der Waals surface area contributed by atoms with E-state index in [4.69, 9.17) is 5.73 Å². The van der Waals surface area contributed by atoms with Gasteiger partial charge >= 0.3 is 0 Å². The highest BCUT2D eigenvalue weighted by Crippen LogP contribution is 2.31. The van der Waals surface area contributed by atoms with Crippen LogP contribution in [0.2, 0.25) is 0 Å². The van der Waals surface area contributed by atoms with Crippen LogP contribution in [0, 0.1) is 6.92 Å². The van der Waals surface area contributed by atoms with Crippen molar-refractivity contribution in [2.75, 3.05) is 17.2 Å². The number of H-pyrrole nitrogens is 1. The number of para-hydroxylation sites is 1. The van der Waals surface area contributed by atoms with Crippen molar-refractivity contribution in [2.45, 2.75) is 19.8 Å². The first-order valence-electron chi connectivity index (χ1n) is 6.38. The summed E-state index contributed by atoms with van der Waals surface area (Å²) < 4.78 is 0. The van der Waals surface area contributed by atoms with Gasteiger partial charge in [0.1, 0.15) is 11.5 Å². The second kappa shape index (κ2) is 4.42. The van der Waals surface area contributed by atoms with Gasteiger partial charge in [0, 0.05) is 12.6 Å². The number of nitrogens with zero attached hydrogens (tertiary/aromatic N) is 2. The molecule has 2 aromatic rings. The smallest absolute Gasteiger partial charge is 0.276 e. The third-order valence-electron chi connectivity index (χ3n) is 3.49. The van der Waals surface area contributed by atoms with Crippen molar-refractivity contribution < 1.29 is 4.79 Å². The molecule has 0 fully saturated rings. The molecule has 1 aromatic carbocycles. The maximum absolute atomic E-state index is 12.5. The fraction of sp³-hybridized carbons (Fsp3) is 0.286. The van der Waals surface area contributed by atoms with E-state index < -0.39 is 0 Å². The van der Waals surface area contributed by atoms with Crippen molar-refractivity contribution in [1.82, 2.24) is 10.2 Å². The van der Waals surface area contributed by atoms with E-state index in [1.165, 1.54) is 5.56 Å². The molecule has 3 rings (SSSR count). The number of aryl methyl sites for hydroxylation is 2. The van der Waals surface area contributed by atoms with Crippen LogP contribution in [0.4, 0.5) is 11.5 Å². The number of amides is 1. The number of aromatic amines is 1. The van der Waals surface area contributed by atoms with E-state index in [0.29, 0.717) is 11.5 Å². The van der Waals surface area contributed by atoms with Crippen LogP contribution in [0.1, 0.15) is 28.0 Å². The normalized spacial score (nSPS) is 14.3. The number of aromatic nitrogens is 2. The Morgan fingerprint density at radius 1 is 1.47 bits per heavy atom. The van der Waals surface area contributed by atoms with Gasteiger partial charge in [-0.15, -0.1) is 0 Å². The van der Waals surface area contributed by atoms with Gasteiger partial charge in [-0.3, -0.25) is 9.89 Å². The van der Waals surface area contributed by atoms with Crippen molar-refractivity contribution in [3.8, 4) is 0 Å². The predicted octanol–water partition coefficient (Wildman–Crippen LogP) is 1.89. The number of carbonyl (C=O) groups excluding carboxylic acids is 1. The number of carbonyl (C=O) groups is 1. The fourth-order valence-corrected chi connectivity index (χ4v) is 2.64. The monoisotopic (exact) mass is 256 g/mol. The third kappa shape index (κ3) is 1.97. The molecule has 1 amide bonds. The Morgan fingerprint density at radius 2 is 2.32 bits per heavy atom. The largest absolute Gasteiger partial charge is 0.382 e. The molecule has 0 radical (unpaired) electrons. The first kappa shape index (κ1) is 11.8. The standard InChI is InChI=1S/C14H16N4O/c1-9-4-2-5-10-6-3-7-18(13(9)10)14(19)11-8-12(15)17-16-11/h2,4-5,8H,3,6-7H2,1H3,(H3,15,16,17). The lowest BCUT2D eigenvalue weighted by Crippen LogP contribution is -2.36. The quantitative estimate of drug-likeness (QED) is 0.818. The fourth-order valence-electron chi connectivity index (χ4n) is 2.64. The van der Waals surface area contributed by atoms with Crippen LogP contribution >= 0.6 is 0 Å². The lowest BCUT2D eigenvalue weighted by Gasteiger charge is -2.30. The van der Waals surface area contributed by atoms with Crippen LogP contribution in [0.25, 0.3) is 0 Å². The number of hydrogen-bond donors (Lipinski definition) is 2. The molecular weight excluding hydrogens is 240 g/mol. The molecule has 0 unspecified atom stereocenters. The number of nitrogens with two attached hydrogens (primary N) is 1. The number of rotatable bonds is 1. The van der Waals surface area contributed by atoms with Crippen molar-refractivity contribution in [2.24, 2.45) is 0 Å². The lowest BCUT2D eigenvalue weighted by atomic mass is 9.98. The van der Waals surface area contributed by atoms with E-state index in [2.05, 4.69) is 16.3 Å². The van der Waals surface area contributed by atoms with E-state index >= 15 is 0 Å². The summed E-state index contributed by atoms with van der Waals surface area (Å²) in [5.41, 5.74) is 9.38. The van der Waals surface area contributed by atoms with Gasteiger partial charge in [0.25, 0.3) is 5.91 Å². The Kier molecular flexibility index (Phi) is 2.74. The van der Waals surface area contributed by atoms with E-state index in [1.54, 1.807) is 6.07 Å². The molecular formula is C14H16N4O. The molecule has 0 saturated carbocycles. The average Bonchev–Trinajstić information content (AvgIpc) is 2.84. The Bertz CT molecular complexity index is 632. The summed E-state index contributed by atoms with van der Waals surface area (Å²) in [6.45, 7) is 2.77. The average molecular weight is 256 g/mol. The zero-order valence-electron chi connectivity index (χ0n) is 10.8. The summed E-state index contributed by atoms with van der Waals surface area (Å²) in [6, 6.07) is 7.74. The zero-order valence-corrected chi connectivity index (χ0v) is 10.8. The summed E-state index contributed by atoms with van der Waals surface area (Å²) in [7, 11) is 0. The molecule has 1 aliphatic heterocycles. The summed E-state index contributed by atoms with van der Waals surface area (Å²) in [4.78, 5) is 14.3. The first-order valence-corrected chi connectivity index (χ1v) is 6.38. The maximum Gasteiger partial charge on any atom is 0.276 e. The number of nitrogen functional groups attached to an aromatic ring is 1. The van der Waals surface area contributed by atoms with Crippen molar-refractivity contribution in [3.63, 3.8) is 0 Å². The second-order valence-corrected chi connectivity index (χ2v) is 4.85. The minimum Gasteiger partial charge on any atom is -0.382 e. The van der Waals surface area contributed by atoms with E-state index in [1.807, 2.05) is 24.0 Å². The van der Waals surface area contributed by atoms with Crippen LogP contribution in [0.3, 0.4) is 0 Å². The van der Waals surface area contributed by atoms with Gasteiger partial charge in [0.05, 0.1) is 5.69 Å². The molecule has 0 aliphatic carbocycles. The highest BCUT2D eigenvalue weighted by atomic mass is 16.2. The molecule has 98 valence electrons. The minimum absolute atomic E-state index is 0.0700. The van der Waals surface area contributed by atoms with Gasteiger partial charge in [0.2, 0.25) is 0 Å². The van der Waals surface area contributed by atoms with Gasteiger partial charge < -0.3 is 10.6 Å². The molecule has 0 spiro atoms. The molecule has 0 bridgehead atoms. The maximum atomic E-state index is 12.5. The molecule has 3 N–H and O–H groups in total. The number of benzene rings is 1. The van der Waals surface area contributed by atoms with Gasteiger partial charge in [-0.25, -0.2) is 0 Å². The van der Waals surface area contributed by atoms with Gasteiger partial charge in [0.15, 0.2) is 0 Å². The Hall–Kier alpha value is -2.30. The first-order chi connectivity index (χ1) is 9.16. The van der Waals surface area contributed by atoms with Crippen LogP contribution in [-0.2, 0) is 6.42 Å². The molecule has 1 aliphatic rings. The van der Waals surface area contributed by atoms with E-state index in [0.717, 1.165) is 30.6 Å². The van der Waals surface area contributed by atoms with Crippen LogP contribution in [-0.4, -0.2) is 22.6 Å². The zero-order chi connectivity index (χ0) is 13.4. The summed E-state index contributed by atoms with van der Waals surface area (Å²) in [6.07, 6.45) is 2.00. The van der Waals surface area contributed by atoms with Crippen molar-refractivity contribution in [3.05, 3.63) is 41.1 Å². The second-order valence-electron chi connectivity index (χ2n) is 4.85. The molecule has 19 heavy (non-hydrogen) atoms. The minimum atomic E-state index is -0.0700. The topological polar surface area (TPSA) is 75.0 Å². The number of fused-ring (bicyclic) bond motifs is 1. The highest BCUT2D eigenvalue weighted by Gasteiger charge is 2.25. The van der Waals surface area contributed by atoms with E-state index in [9.17, 15) is 4.79 Å². The lowest BCUT2D eigenvalue weighted by molar-refractivity contribution is 0.0980. The third-order valence-corrected chi connectivity index (χ3v) is 3.49. The van der Waals surface area contributed by atoms with Crippen molar-refractivity contribution >= 4 is 17.4 Å². The van der Waals surface area contributed by atoms with E-state index in [-0.39, 0.29) is 5.91 Å². The Labute approximate surface area is 111 Å². The Balaban J connectivity index is 2.02. The highest BCUT2D eigenvalue weighted by molar-refractivity contribution is 6.06. The number of anilines is 2. The molecule has 0 saturated heterocycles. The predicted molar refractivity (Wildman–Crippen MR) is 74.2 cm³/mol. The molecule has 5 nitrogen and oxygen atoms in total. The van der Waals surface area contributed by atoms with Crippen LogP contribution < -0.4 is 10.6 Å². The number of nitrogens with one attached hydrogen (secondary N) is 1. The molecule has 2 heterocycles. The Morgan fingerprint density at radius 3 is 3.05 bits per heavy atom. The van der Waals surface area contributed by atoms with Gasteiger partial charge in [-0.05, 0) is 30.9 Å². The SMILES string of the molecule is Cc1cccc2c1N(C(=O)c1cc(N)n[nH]1)CCC2. The molecule has 0 atom stereocenters. The van der Waals surface area contributed by atoms with Crippen LogP contribution in [0.15, 0.2) is 24.3 Å².